The monoisotopic (exact) mass is 620 g/mol. The molecule has 0 radical (unpaired) electrons. The zero-order chi connectivity index (χ0) is 32.2. The topological polar surface area (TPSA) is 154 Å². The van der Waals surface area contributed by atoms with Crippen molar-refractivity contribution in [2.45, 2.75) is 46.6 Å². The summed E-state index contributed by atoms with van der Waals surface area (Å²) in [6.45, 7) is 10.0. The number of nitrogens with one attached hydrogen (secondary N) is 3. The summed E-state index contributed by atoms with van der Waals surface area (Å²) in [7, 11) is -2.23. The van der Waals surface area contributed by atoms with E-state index in [9.17, 15) is 18.0 Å². The maximum atomic E-state index is 13.5. The number of sulfonamides is 1. The largest absolute Gasteiger partial charge is 0.492 e. The first-order valence-corrected chi connectivity index (χ1v) is 15.6. The molecule has 0 spiro atoms. The minimum atomic E-state index is -3.63. The summed E-state index contributed by atoms with van der Waals surface area (Å²) in [5.41, 5.74) is 4.56. The zero-order valence-electron chi connectivity index (χ0n) is 25.7. The number of benzene rings is 3. The Hall–Kier alpha value is -4.91. The minimum absolute atomic E-state index is 0.0179. The van der Waals surface area contributed by atoms with Gasteiger partial charge < -0.3 is 20.1 Å². The second-order valence-electron chi connectivity index (χ2n) is 11.4. The van der Waals surface area contributed by atoms with Crippen molar-refractivity contribution in [2.75, 3.05) is 23.4 Å². The highest BCUT2D eigenvalue weighted by molar-refractivity contribution is 7.92. The first kappa shape index (κ1) is 32.0. The molecule has 0 bridgehead atoms. The number of ether oxygens (including phenoxy) is 2. The normalized spacial score (nSPS) is 11.5. The summed E-state index contributed by atoms with van der Waals surface area (Å²) in [6, 6.07) is 16.2. The fraction of sp³-hybridized carbons (Fsp3) is 0.290. The van der Waals surface area contributed by atoms with E-state index >= 15 is 0 Å². The molecule has 0 aliphatic heterocycles. The highest BCUT2D eigenvalue weighted by atomic mass is 32.2. The van der Waals surface area contributed by atoms with Crippen molar-refractivity contribution in [3.63, 3.8) is 0 Å². The van der Waals surface area contributed by atoms with Gasteiger partial charge in [-0.15, -0.1) is 0 Å². The first-order valence-electron chi connectivity index (χ1n) is 13.7. The molecule has 44 heavy (non-hydrogen) atoms. The summed E-state index contributed by atoms with van der Waals surface area (Å²) in [5, 5.41) is 13.5. The first-order chi connectivity index (χ1) is 20.6. The van der Waals surface area contributed by atoms with Crippen molar-refractivity contribution < 1.29 is 27.5 Å². The number of carbonyl (C=O) groups excluding carboxylic acids is 2. The third-order valence-corrected chi connectivity index (χ3v) is 7.20. The maximum absolute atomic E-state index is 13.5. The predicted octanol–water partition coefficient (Wildman–Crippen LogP) is 5.10. The molecule has 0 atom stereocenters. The third kappa shape index (κ3) is 8.13. The van der Waals surface area contributed by atoms with Crippen molar-refractivity contribution in [1.82, 2.24) is 20.3 Å². The Balaban J connectivity index is 1.55. The lowest BCUT2D eigenvalue weighted by Gasteiger charge is -2.24. The van der Waals surface area contributed by atoms with Gasteiger partial charge in [0.15, 0.2) is 5.75 Å². The van der Waals surface area contributed by atoms with Crippen molar-refractivity contribution >= 4 is 33.4 Å². The summed E-state index contributed by atoms with van der Waals surface area (Å²) in [6.07, 6.45) is 1.80. The molecule has 4 rings (SSSR count). The Morgan fingerprint density at radius 2 is 1.73 bits per heavy atom. The van der Waals surface area contributed by atoms with Crippen LogP contribution in [0.2, 0.25) is 0 Å². The van der Waals surface area contributed by atoms with Crippen LogP contribution < -0.4 is 24.8 Å². The van der Waals surface area contributed by atoms with Gasteiger partial charge in [-0.1, -0.05) is 67.0 Å². The fourth-order valence-electron chi connectivity index (χ4n) is 4.38. The van der Waals surface area contributed by atoms with E-state index in [4.69, 9.17) is 9.47 Å². The number of aromatic nitrogens is 3. The van der Waals surface area contributed by atoms with Gasteiger partial charge in [0.25, 0.3) is 11.8 Å². The molecule has 0 aliphatic carbocycles. The highest BCUT2D eigenvalue weighted by Gasteiger charge is 2.23. The maximum Gasteiger partial charge on any atom is 0.414 e. The third-order valence-electron chi connectivity index (χ3n) is 6.61. The summed E-state index contributed by atoms with van der Waals surface area (Å²) < 4.78 is 38.8. The van der Waals surface area contributed by atoms with E-state index in [-0.39, 0.29) is 22.7 Å². The summed E-state index contributed by atoms with van der Waals surface area (Å²) >= 11 is 0. The van der Waals surface area contributed by atoms with Gasteiger partial charge in [0.05, 0.1) is 36.6 Å². The fourth-order valence-corrected chi connectivity index (χ4v) is 4.93. The van der Waals surface area contributed by atoms with Gasteiger partial charge in [0, 0.05) is 12.1 Å². The molecule has 0 unspecified atom stereocenters. The Kier molecular flexibility index (Phi) is 9.28. The molecular weight excluding hydrogens is 584 g/mol. The minimum Gasteiger partial charge on any atom is -0.492 e. The van der Waals surface area contributed by atoms with Crippen LogP contribution in [0.1, 0.15) is 53.4 Å². The molecule has 3 aromatic carbocycles. The lowest BCUT2D eigenvalue weighted by molar-refractivity contribution is 0.102. The van der Waals surface area contributed by atoms with E-state index in [0.717, 1.165) is 28.5 Å². The van der Waals surface area contributed by atoms with Crippen LogP contribution in [0.3, 0.4) is 0 Å². The van der Waals surface area contributed by atoms with Gasteiger partial charge in [0.2, 0.25) is 10.0 Å². The number of nitrogens with zero attached hydrogens (tertiary/aromatic N) is 3. The van der Waals surface area contributed by atoms with Crippen LogP contribution in [-0.2, 0) is 22.0 Å². The van der Waals surface area contributed by atoms with Gasteiger partial charge in [-0.2, -0.15) is 0 Å². The van der Waals surface area contributed by atoms with Crippen molar-refractivity contribution in [2.24, 2.45) is 0 Å². The van der Waals surface area contributed by atoms with E-state index < -0.39 is 22.0 Å². The van der Waals surface area contributed by atoms with Crippen LogP contribution in [0.25, 0.3) is 5.69 Å². The standard InChI is InChI=1S/C31H36N6O6S/c1-19-9-8-10-21(13-19)17-32-30(39)43-27-18-37(36-34-27)26-14-22(12-11-20(26)2)29(38)33-24-15-23(31(3,4)5)16-25(28(24)42-6)35-44(7,40)41/h8-16,18,35H,17H2,1-7H3,(H,32,39)(H,33,38). The number of carbonyl (C=O) groups is 2. The molecule has 1 heterocycles. The molecule has 3 N–H and O–H groups in total. The SMILES string of the molecule is COc1c(NC(=O)c2ccc(C)c(-n3cc(OC(=O)NCc4cccc(C)c4)nn3)c2)cc(C(C)(C)C)cc1NS(C)(=O)=O. The number of methoxy groups -OCH3 is 1. The lowest BCUT2D eigenvalue weighted by Crippen LogP contribution is -2.26. The number of hydrogen-bond acceptors (Lipinski definition) is 8. The molecule has 1 aromatic heterocycles. The van der Waals surface area contributed by atoms with Crippen LogP contribution in [-0.4, -0.2) is 48.8 Å². The summed E-state index contributed by atoms with van der Waals surface area (Å²) in [5.74, 6) is -0.313. The van der Waals surface area contributed by atoms with Crippen molar-refractivity contribution in [1.29, 1.82) is 0 Å². The molecule has 0 saturated heterocycles. The lowest BCUT2D eigenvalue weighted by atomic mass is 9.86. The molecule has 0 saturated carbocycles. The summed E-state index contributed by atoms with van der Waals surface area (Å²) in [4.78, 5) is 25.8. The molecule has 12 nitrogen and oxygen atoms in total. The highest BCUT2D eigenvalue weighted by Crippen LogP contribution is 2.39. The van der Waals surface area contributed by atoms with Crippen molar-refractivity contribution in [3.8, 4) is 17.3 Å². The Morgan fingerprint density at radius 1 is 1.00 bits per heavy atom. The van der Waals surface area contributed by atoms with Crippen LogP contribution in [0.15, 0.2) is 60.8 Å². The molecule has 0 fully saturated rings. The molecular formula is C31H36N6O6S. The van der Waals surface area contributed by atoms with Crippen molar-refractivity contribution in [3.05, 3.63) is 88.6 Å². The molecule has 13 heteroatoms. The van der Waals surface area contributed by atoms with Gasteiger partial charge in [0.1, 0.15) is 0 Å². The van der Waals surface area contributed by atoms with Crippen LogP contribution in [0, 0.1) is 13.8 Å². The molecule has 4 aromatic rings. The van der Waals surface area contributed by atoms with E-state index in [1.54, 1.807) is 30.3 Å². The zero-order valence-corrected chi connectivity index (χ0v) is 26.5. The average molecular weight is 621 g/mol. The van der Waals surface area contributed by atoms with E-state index in [0.29, 0.717) is 23.5 Å². The quantitative estimate of drug-likeness (QED) is 0.234. The van der Waals surface area contributed by atoms with E-state index in [1.807, 2.05) is 58.9 Å². The van der Waals surface area contributed by atoms with Gasteiger partial charge in [-0.3, -0.25) is 9.52 Å². The predicted molar refractivity (Wildman–Crippen MR) is 168 cm³/mol. The van der Waals surface area contributed by atoms with Gasteiger partial charge in [-0.25, -0.2) is 17.9 Å². The Labute approximate surface area is 256 Å². The number of anilines is 2. The second kappa shape index (κ2) is 12.8. The number of rotatable bonds is 9. The van der Waals surface area contributed by atoms with Crippen LogP contribution in [0.4, 0.5) is 16.2 Å². The average Bonchev–Trinajstić information content (AvgIpc) is 3.38. The Bertz CT molecular complexity index is 1810. The number of hydrogen-bond donors (Lipinski definition) is 3. The molecule has 232 valence electrons. The van der Waals surface area contributed by atoms with Gasteiger partial charge >= 0.3 is 6.09 Å². The smallest absolute Gasteiger partial charge is 0.414 e. The van der Waals surface area contributed by atoms with Gasteiger partial charge in [-0.05, 0) is 60.2 Å². The van der Waals surface area contributed by atoms with E-state index in [1.165, 1.54) is 18.0 Å². The Morgan fingerprint density at radius 3 is 2.39 bits per heavy atom. The molecule has 2 amide bonds. The van der Waals surface area contributed by atoms with Crippen LogP contribution >= 0.6 is 0 Å². The van der Waals surface area contributed by atoms with E-state index in [2.05, 4.69) is 25.7 Å². The second-order valence-corrected chi connectivity index (χ2v) is 13.2. The molecule has 0 aliphatic rings. The number of amides is 2. The van der Waals surface area contributed by atoms with Crippen LogP contribution in [0.5, 0.6) is 11.6 Å². The number of aryl methyl sites for hydroxylation is 2.